The van der Waals surface area contributed by atoms with E-state index in [1.165, 1.54) is 0 Å². The minimum atomic E-state index is -0.138. The molecule has 1 amide bonds. The maximum atomic E-state index is 13.0. The number of benzene rings is 2. The fourth-order valence-electron chi connectivity index (χ4n) is 3.63. The second-order valence-electron chi connectivity index (χ2n) is 6.82. The summed E-state index contributed by atoms with van der Waals surface area (Å²) in [4.78, 5) is 13.0. The Kier molecular flexibility index (Phi) is 5.18. The molecule has 0 fully saturated rings. The molecular formula is C22H23ClN2O3. The molecule has 6 heteroatoms. The topological polar surface area (TPSA) is 52.5 Å². The van der Waals surface area contributed by atoms with E-state index in [0.717, 1.165) is 34.4 Å². The zero-order valence-corrected chi connectivity index (χ0v) is 16.8. The first-order chi connectivity index (χ1) is 13.6. The minimum Gasteiger partial charge on any atom is -0.494 e. The lowest BCUT2D eigenvalue weighted by Gasteiger charge is -2.26. The van der Waals surface area contributed by atoms with Crippen LogP contribution in [-0.2, 0) is 13.1 Å². The Labute approximate surface area is 169 Å². The predicted octanol–water partition coefficient (Wildman–Crippen LogP) is 4.79. The van der Waals surface area contributed by atoms with Gasteiger partial charge in [0, 0.05) is 17.5 Å². The second-order valence-corrected chi connectivity index (χ2v) is 7.23. The monoisotopic (exact) mass is 398 g/mol. The lowest BCUT2D eigenvalue weighted by atomic mass is 10.2. The highest BCUT2D eigenvalue weighted by Gasteiger charge is 2.27. The number of aromatic nitrogens is 1. The van der Waals surface area contributed by atoms with Crippen molar-refractivity contribution >= 4 is 28.4 Å². The van der Waals surface area contributed by atoms with Crippen LogP contribution in [0.15, 0.2) is 42.5 Å². The molecule has 1 atom stereocenters. The standard InChI is InChI=1S/C22H23ClN2O3/c1-3-15-13-25-18(11-16-17(23)9-10-20(28-15)21(16)25)22(26)24-12-14-7-5-6-8-19(14)27-4-2/h5-11,15H,3-4,12-13H2,1-2H3,(H,24,26). The van der Waals surface area contributed by atoms with Gasteiger partial charge in [-0.2, -0.15) is 0 Å². The van der Waals surface area contributed by atoms with Crippen LogP contribution < -0.4 is 14.8 Å². The van der Waals surface area contributed by atoms with Crippen molar-refractivity contribution in [1.82, 2.24) is 9.88 Å². The molecule has 0 aliphatic carbocycles. The Morgan fingerprint density at radius 3 is 2.89 bits per heavy atom. The summed E-state index contributed by atoms with van der Waals surface area (Å²) in [5.74, 6) is 1.43. The molecule has 0 saturated carbocycles. The summed E-state index contributed by atoms with van der Waals surface area (Å²) in [6, 6.07) is 13.3. The Morgan fingerprint density at radius 1 is 1.29 bits per heavy atom. The van der Waals surface area contributed by atoms with Crippen molar-refractivity contribution in [3.63, 3.8) is 0 Å². The van der Waals surface area contributed by atoms with E-state index in [1.54, 1.807) is 0 Å². The van der Waals surface area contributed by atoms with E-state index in [1.807, 2.05) is 54.0 Å². The van der Waals surface area contributed by atoms with Crippen molar-refractivity contribution in [2.24, 2.45) is 0 Å². The van der Waals surface area contributed by atoms with Crippen molar-refractivity contribution in [2.45, 2.75) is 39.5 Å². The summed E-state index contributed by atoms with van der Waals surface area (Å²) in [6.07, 6.45) is 0.902. The van der Waals surface area contributed by atoms with E-state index in [4.69, 9.17) is 21.1 Å². The zero-order chi connectivity index (χ0) is 19.7. The minimum absolute atomic E-state index is 0.0366. The normalized spacial score (nSPS) is 15.3. The number of nitrogens with one attached hydrogen (secondary N) is 1. The highest BCUT2D eigenvalue weighted by atomic mass is 35.5. The van der Waals surface area contributed by atoms with Gasteiger partial charge in [-0.25, -0.2) is 0 Å². The van der Waals surface area contributed by atoms with E-state index in [0.29, 0.717) is 30.4 Å². The summed E-state index contributed by atoms with van der Waals surface area (Å²) in [6.45, 7) is 5.63. The van der Waals surface area contributed by atoms with Gasteiger partial charge in [0.2, 0.25) is 0 Å². The Hall–Kier alpha value is -2.66. The zero-order valence-electron chi connectivity index (χ0n) is 16.0. The van der Waals surface area contributed by atoms with Gasteiger partial charge in [-0.1, -0.05) is 36.7 Å². The molecular weight excluding hydrogens is 376 g/mol. The number of hydrogen-bond donors (Lipinski definition) is 1. The molecule has 1 unspecified atom stereocenters. The number of para-hydroxylation sites is 1. The third-order valence-corrected chi connectivity index (χ3v) is 5.38. The number of amides is 1. The molecule has 1 aliphatic heterocycles. The molecule has 1 aromatic heterocycles. The van der Waals surface area contributed by atoms with E-state index in [9.17, 15) is 4.79 Å². The SMILES string of the molecule is CCOc1ccccc1CNC(=O)c1cc2c(Cl)ccc3c2n1CC(CC)O3. The first kappa shape index (κ1) is 18.7. The molecule has 4 rings (SSSR count). The summed E-state index contributed by atoms with van der Waals surface area (Å²) < 4.78 is 13.7. The molecule has 1 N–H and O–H groups in total. The molecule has 2 aromatic carbocycles. The lowest BCUT2D eigenvalue weighted by Crippen LogP contribution is -2.31. The molecule has 2 heterocycles. The van der Waals surface area contributed by atoms with Crippen molar-refractivity contribution < 1.29 is 14.3 Å². The number of rotatable bonds is 6. The fraction of sp³-hybridized carbons (Fsp3) is 0.318. The molecule has 0 bridgehead atoms. The van der Waals surface area contributed by atoms with Gasteiger partial charge in [-0.3, -0.25) is 4.79 Å². The van der Waals surface area contributed by atoms with Crippen LogP contribution >= 0.6 is 11.6 Å². The highest BCUT2D eigenvalue weighted by molar-refractivity contribution is 6.36. The van der Waals surface area contributed by atoms with Gasteiger partial charge in [-0.05, 0) is 37.6 Å². The summed E-state index contributed by atoms with van der Waals surface area (Å²) >= 11 is 6.38. The molecule has 0 radical (unpaired) electrons. The van der Waals surface area contributed by atoms with Crippen LogP contribution in [0, 0.1) is 0 Å². The van der Waals surface area contributed by atoms with Crippen LogP contribution in [0.3, 0.4) is 0 Å². The molecule has 0 saturated heterocycles. The number of halogens is 1. The van der Waals surface area contributed by atoms with E-state index in [-0.39, 0.29) is 12.0 Å². The predicted molar refractivity (Wildman–Crippen MR) is 110 cm³/mol. The molecule has 28 heavy (non-hydrogen) atoms. The van der Waals surface area contributed by atoms with E-state index in [2.05, 4.69) is 12.2 Å². The van der Waals surface area contributed by atoms with Crippen LogP contribution in [-0.4, -0.2) is 23.2 Å². The van der Waals surface area contributed by atoms with Gasteiger partial charge in [0.15, 0.2) is 0 Å². The number of carbonyl (C=O) groups is 1. The van der Waals surface area contributed by atoms with Gasteiger partial charge in [0.25, 0.3) is 5.91 Å². The Bertz CT molecular complexity index is 1030. The summed E-state index contributed by atoms with van der Waals surface area (Å²) in [7, 11) is 0. The van der Waals surface area contributed by atoms with E-state index >= 15 is 0 Å². The van der Waals surface area contributed by atoms with Crippen molar-refractivity contribution in [1.29, 1.82) is 0 Å². The molecule has 5 nitrogen and oxygen atoms in total. The number of ether oxygens (including phenoxy) is 2. The Balaban J connectivity index is 1.64. The average Bonchev–Trinajstić information content (AvgIpc) is 3.11. The average molecular weight is 399 g/mol. The number of carbonyl (C=O) groups excluding carboxylic acids is 1. The summed E-state index contributed by atoms with van der Waals surface area (Å²) in [5.41, 5.74) is 2.43. The maximum Gasteiger partial charge on any atom is 0.268 e. The number of hydrogen-bond acceptors (Lipinski definition) is 3. The smallest absolute Gasteiger partial charge is 0.268 e. The maximum absolute atomic E-state index is 13.0. The van der Waals surface area contributed by atoms with Crippen molar-refractivity contribution in [3.8, 4) is 11.5 Å². The highest BCUT2D eigenvalue weighted by Crippen LogP contribution is 2.38. The van der Waals surface area contributed by atoms with E-state index < -0.39 is 0 Å². The Morgan fingerprint density at radius 2 is 2.11 bits per heavy atom. The first-order valence-corrected chi connectivity index (χ1v) is 9.97. The third kappa shape index (κ3) is 3.31. The fourth-order valence-corrected chi connectivity index (χ4v) is 3.84. The van der Waals surface area contributed by atoms with Crippen LogP contribution in [0.1, 0.15) is 36.3 Å². The molecule has 3 aromatic rings. The van der Waals surface area contributed by atoms with Crippen LogP contribution in [0.4, 0.5) is 0 Å². The second kappa shape index (κ2) is 7.76. The van der Waals surface area contributed by atoms with Gasteiger partial charge >= 0.3 is 0 Å². The summed E-state index contributed by atoms with van der Waals surface area (Å²) in [5, 5.41) is 4.48. The quantitative estimate of drug-likeness (QED) is 0.649. The molecule has 146 valence electrons. The number of nitrogens with zero attached hydrogens (tertiary/aromatic N) is 1. The van der Waals surface area contributed by atoms with Gasteiger partial charge < -0.3 is 19.4 Å². The molecule has 0 spiro atoms. The first-order valence-electron chi connectivity index (χ1n) is 9.59. The van der Waals surface area contributed by atoms with Gasteiger partial charge in [0.1, 0.15) is 23.3 Å². The van der Waals surface area contributed by atoms with Gasteiger partial charge in [-0.15, -0.1) is 0 Å². The van der Waals surface area contributed by atoms with Crippen LogP contribution in [0.5, 0.6) is 11.5 Å². The third-order valence-electron chi connectivity index (χ3n) is 5.05. The largest absolute Gasteiger partial charge is 0.494 e. The lowest BCUT2D eigenvalue weighted by molar-refractivity contribution is 0.0935. The van der Waals surface area contributed by atoms with Crippen molar-refractivity contribution in [2.75, 3.05) is 6.61 Å². The van der Waals surface area contributed by atoms with Crippen LogP contribution in [0.25, 0.3) is 10.9 Å². The molecule has 1 aliphatic rings. The van der Waals surface area contributed by atoms with Crippen LogP contribution in [0.2, 0.25) is 5.02 Å². The van der Waals surface area contributed by atoms with Gasteiger partial charge in [0.05, 0.1) is 23.7 Å². The van der Waals surface area contributed by atoms with Crippen molar-refractivity contribution in [3.05, 3.63) is 58.7 Å².